The second kappa shape index (κ2) is 8.93. The predicted molar refractivity (Wildman–Crippen MR) is 109 cm³/mol. The molecule has 0 spiro atoms. The van der Waals surface area contributed by atoms with Crippen molar-refractivity contribution in [3.8, 4) is 17.0 Å². The number of fused-ring (bicyclic) bond motifs is 1. The Labute approximate surface area is 169 Å². The van der Waals surface area contributed by atoms with Crippen LogP contribution in [0.3, 0.4) is 0 Å². The molecule has 1 atom stereocenters. The third kappa shape index (κ3) is 5.14. The fourth-order valence-electron chi connectivity index (χ4n) is 2.99. The van der Waals surface area contributed by atoms with Crippen LogP contribution in [0.4, 0.5) is 0 Å². The highest BCUT2D eigenvalue weighted by Crippen LogP contribution is 2.39. The van der Waals surface area contributed by atoms with Crippen molar-refractivity contribution in [3.63, 3.8) is 0 Å². The van der Waals surface area contributed by atoms with Crippen molar-refractivity contribution in [1.82, 2.24) is 15.3 Å². The van der Waals surface area contributed by atoms with E-state index in [1.807, 2.05) is 18.4 Å². The van der Waals surface area contributed by atoms with Gasteiger partial charge in [0, 0.05) is 30.2 Å². The van der Waals surface area contributed by atoms with E-state index in [-0.39, 0.29) is 12.0 Å². The van der Waals surface area contributed by atoms with Gasteiger partial charge in [-0.1, -0.05) is 37.2 Å². The van der Waals surface area contributed by atoms with Gasteiger partial charge in [0.05, 0.1) is 17.3 Å². The molecule has 1 aliphatic heterocycles. The van der Waals surface area contributed by atoms with Gasteiger partial charge in [-0.25, -0.2) is 9.97 Å². The zero-order valence-electron chi connectivity index (χ0n) is 15.8. The Balaban J connectivity index is 1.66. The largest absolute Gasteiger partial charge is 0.486 e. The highest BCUT2D eigenvalue weighted by molar-refractivity contribution is 7.98. The fraction of sp³-hybridized carbons (Fsp3) is 0.450. The maximum absolute atomic E-state index is 11.9. The van der Waals surface area contributed by atoms with Gasteiger partial charge in [-0.05, 0) is 36.8 Å². The molecule has 1 aromatic heterocycles. The third-order valence-corrected chi connectivity index (χ3v) is 5.28. The van der Waals surface area contributed by atoms with Gasteiger partial charge in [-0.15, -0.1) is 0 Å². The molecule has 3 rings (SSSR count). The number of aromatic nitrogens is 2. The Hall–Kier alpha value is -1.79. The van der Waals surface area contributed by atoms with Gasteiger partial charge in [0.1, 0.15) is 11.9 Å². The van der Waals surface area contributed by atoms with Crippen LogP contribution in [0, 0.1) is 5.92 Å². The number of thioether (sulfide) groups is 1. The van der Waals surface area contributed by atoms with Crippen LogP contribution in [-0.2, 0) is 11.2 Å². The van der Waals surface area contributed by atoms with E-state index in [0.717, 1.165) is 28.4 Å². The Morgan fingerprint density at radius 2 is 2.26 bits per heavy atom. The van der Waals surface area contributed by atoms with Crippen LogP contribution >= 0.6 is 23.4 Å². The molecule has 0 unspecified atom stereocenters. The lowest BCUT2D eigenvalue weighted by Gasteiger charge is -2.13. The summed E-state index contributed by atoms with van der Waals surface area (Å²) in [5.41, 5.74) is 2.83. The van der Waals surface area contributed by atoms with E-state index >= 15 is 0 Å². The summed E-state index contributed by atoms with van der Waals surface area (Å²) in [6.45, 7) is 4.72. The second-order valence-corrected chi connectivity index (χ2v) is 8.24. The van der Waals surface area contributed by atoms with Crippen LogP contribution in [0.1, 0.15) is 32.3 Å². The molecule has 0 radical (unpaired) electrons. The lowest BCUT2D eigenvalue weighted by molar-refractivity contribution is -0.121. The number of carbonyl (C=O) groups is 1. The van der Waals surface area contributed by atoms with E-state index in [9.17, 15) is 4.79 Å². The van der Waals surface area contributed by atoms with E-state index < -0.39 is 0 Å². The predicted octanol–water partition coefficient (Wildman–Crippen LogP) is 4.37. The lowest BCUT2D eigenvalue weighted by Crippen LogP contribution is -2.34. The summed E-state index contributed by atoms with van der Waals surface area (Å²) >= 11 is 7.95. The first-order valence-electron chi connectivity index (χ1n) is 9.09. The van der Waals surface area contributed by atoms with Crippen LogP contribution in [0.5, 0.6) is 5.75 Å². The lowest BCUT2D eigenvalue weighted by atomic mass is 10.0. The highest BCUT2D eigenvalue weighted by Gasteiger charge is 2.26. The molecule has 144 valence electrons. The average Bonchev–Trinajstić information content (AvgIpc) is 3.08. The SMILES string of the molecule is CSc1nccc(-c2cc(Cl)c3c(c2)C[C@@H](CNC(=O)CCC(C)C)O3)n1. The van der Waals surface area contributed by atoms with Gasteiger partial charge in [0.25, 0.3) is 0 Å². The quantitative estimate of drug-likeness (QED) is 0.547. The van der Waals surface area contributed by atoms with E-state index in [1.165, 1.54) is 11.8 Å². The van der Waals surface area contributed by atoms with Gasteiger partial charge < -0.3 is 10.1 Å². The topological polar surface area (TPSA) is 64.1 Å². The maximum Gasteiger partial charge on any atom is 0.220 e. The van der Waals surface area contributed by atoms with Gasteiger partial charge in [0.2, 0.25) is 5.91 Å². The molecule has 0 aliphatic carbocycles. The Kier molecular flexibility index (Phi) is 6.60. The molecule has 1 amide bonds. The molecule has 1 aromatic carbocycles. The van der Waals surface area contributed by atoms with Crippen molar-refractivity contribution < 1.29 is 9.53 Å². The van der Waals surface area contributed by atoms with Gasteiger partial charge in [-0.3, -0.25) is 4.79 Å². The Bertz CT molecular complexity index is 829. The molecule has 0 fully saturated rings. The van der Waals surface area contributed by atoms with Crippen LogP contribution < -0.4 is 10.1 Å². The number of nitrogens with one attached hydrogen (secondary N) is 1. The highest BCUT2D eigenvalue weighted by atomic mass is 35.5. The maximum atomic E-state index is 11.9. The van der Waals surface area contributed by atoms with E-state index in [0.29, 0.717) is 36.1 Å². The van der Waals surface area contributed by atoms with Gasteiger partial charge >= 0.3 is 0 Å². The van der Waals surface area contributed by atoms with Crippen LogP contribution in [0.25, 0.3) is 11.3 Å². The number of carbonyl (C=O) groups excluding carboxylic acids is 1. The number of amides is 1. The molecule has 1 aliphatic rings. The molecule has 2 aromatic rings. The molecule has 2 heterocycles. The first-order chi connectivity index (χ1) is 13.0. The Morgan fingerprint density at radius 1 is 1.44 bits per heavy atom. The summed E-state index contributed by atoms with van der Waals surface area (Å²) in [6.07, 6.45) is 5.76. The molecule has 7 heteroatoms. The van der Waals surface area contributed by atoms with E-state index in [4.69, 9.17) is 16.3 Å². The number of hydrogen-bond donors (Lipinski definition) is 1. The molecular formula is C20H24ClN3O2S. The Morgan fingerprint density at radius 3 is 3.00 bits per heavy atom. The van der Waals surface area contributed by atoms with Gasteiger partial charge in [0.15, 0.2) is 5.16 Å². The van der Waals surface area contributed by atoms with Crippen molar-refractivity contribution in [2.75, 3.05) is 12.8 Å². The minimum atomic E-state index is -0.0945. The molecular weight excluding hydrogens is 382 g/mol. The van der Waals surface area contributed by atoms with Crippen molar-refractivity contribution in [3.05, 3.63) is 35.0 Å². The number of nitrogens with zero attached hydrogens (tertiary/aromatic N) is 2. The first kappa shape index (κ1) is 20.0. The fourth-order valence-corrected chi connectivity index (χ4v) is 3.62. The summed E-state index contributed by atoms with van der Waals surface area (Å²) in [4.78, 5) is 20.7. The third-order valence-electron chi connectivity index (χ3n) is 4.44. The number of ether oxygens (including phenoxy) is 1. The number of hydrogen-bond acceptors (Lipinski definition) is 5. The van der Waals surface area contributed by atoms with Crippen molar-refractivity contribution in [2.24, 2.45) is 5.92 Å². The zero-order chi connectivity index (χ0) is 19.4. The van der Waals surface area contributed by atoms with Gasteiger partial charge in [-0.2, -0.15) is 0 Å². The number of halogens is 1. The molecule has 0 bridgehead atoms. The molecule has 27 heavy (non-hydrogen) atoms. The number of benzene rings is 1. The van der Waals surface area contributed by atoms with Crippen molar-refractivity contribution in [2.45, 2.75) is 44.4 Å². The summed E-state index contributed by atoms with van der Waals surface area (Å²) in [5, 5.41) is 4.26. The van der Waals surface area contributed by atoms with Crippen LogP contribution in [0.15, 0.2) is 29.6 Å². The van der Waals surface area contributed by atoms with E-state index in [2.05, 4.69) is 35.2 Å². The normalized spacial score (nSPS) is 15.5. The molecule has 5 nitrogen and oxygen atoms in total. The van der Waals surface area contributed by atoms with Crippen molar-refractivity contribution >= 4 is 29.3 Å². The molecule has 0 saturated heterocycles. The minimum absolute atomic E-state index is 0.0700. The molecule has 0 saturated carbocycles. The average molecular weight is 406 g/mol. The van der Waals surface area contributed by atoms with Crippen LogP contribution in [0.2, 0.25) is 5.02 Å². The number of rotatable bonds is 7. The second-order valence-electron chi connectivity index (χ2n) is 7.06. The van der Waals surface area contributed by atoms with Crippen molar-refractivity contribution in [1.29, 1.82) is 0 Å². The van der Waals surface area contributed by atoms with Crippen LogP contribution in [-0.4, -0.2) is 34.8 Å². The molecule has 1 N–H and O–H groups in total. The summed E-state index contributed by atoms with van der Waals surface area (Å²) < 4.78 is 5.97. The summed E-state index contributed by atoms with van der Waals surface area (Å²) in [5.74, 6) is 1.30. The zero-order valence-corrected chi connectivity index (χ0v) is 17.4. The summed E-state index contributed by atoms with van der Waals surface area (Å²) in [6, 6.07) is 5.81. The standard InChI is InChI=1S/C20H24ClN3O2S/c1-12(2)4-5-18(25)23-11-15-9-14-8-13(10-16(21)19(14)26-15)17-6-7-22-20(24-17)27-3/h6-8,10,12,15H,4-5,9,11H2,1-3H3,(H,23,25)/t15-/m0/s1. The summed E-state index contributed by atoms with van der Waals surface area (Å²) in [7, 11) is 0. The van der Waals surface area contributed by atoms with E-state index in [1.54, 1.807) is 6.20 Å². The monoisotopic (exact) mass is 405 g/mol. The minimum Gasteiger partial charge on any atom is -0.486 e. The smallest absolute Gasteiger partial charge is 0.220 e. The first-order valence-corrected chi connectivity index (χ1v) is 10.7.